The molecule has 0 fully saturated rings. The van der Waals surface area contributed by atoms with Gasteiger partial charge in [-0.1, -0.05) is 48.6 Å². The summed E-state index contributed by atoms with van der Waals surface area (Å²) in [5.74, 6) is 0.645. The Hall–Kier alpha value is -2.14. The van der Waals surface area contributed by atoms with Gasteiger partial charge in [-0.25, -0.2) is 0 Å². The van der Waals surface area contributed by atoms with Gasteiger partial charge in [0.1, 0.15) is 11.9 Å². The monoisotopic (exact) mass is 326 g/mol. The van der Waals surface area contributed by atoms with E-state index >= 15 is 0 Å². The van der Waals surface area contributed by atoms with Crippen LogP contribution in [0.3, 0.4) is 0 Å². The van der Waals surface area contributed by atoms with Crippen molar-refractivity contribution < 1.29 is 19.7 Å². The number of rotatable bonds is 5. The van der Waals surface area contributed by atoms with Gasteiger partial charge < -0.3 is 19.7 Å². The molecule has 126 valence electrons. The molecule has 0 saturated carbocycles. The molecule has 0 aliphatic carbocycles. The SMILES string of the molecule is COc1ccc2c(c1)COC(C(O)CO)C2C=Cc1ccccc1. The summed E-state index contributed by atoms with van der Waals surface area (Å²) in [5.41, 5.74) is 3.21. The van der Waals surface area contributed by atoms with Crippen LogP contribution in [0.1, 0.15) is 22.6 Å². The number of aliphatic hydroxyl groups excluding tert-OH is 2. The summed E-state index contributed by atoms with van der Waals surface area (Å²) in [7, 11) is 1.64. The van der Waals surface area contributed by atoms with Crippen LogP contribution in [0.5, 0.6) is 5.75 Å². The lowest BCUT2D eigenvalue weighted by molar-refractivity contribution is -0.0787. The lowest BCUT2D eigenvalue weighted by Gasteiger charge is -2.34. The molecule has 4 heteroatoms. The van der Waals surface area contributed by atoms with Gasteiger partial charge in [-0.3, -0.25) is 0 Å². The van der Waals surface area contributed by atoms with Crippen LogP contribution in [0.15, 0.2) is 54.6 Å². The molecule has 4 nitrogen and oxygen atoms in total. The van der Waals surface area contributed by atoms with Crippen molar-refractivity contribution in [1.29, 1.82) is 0 Å². The summed E-state index contributed by atoms with van der Waals surface area (Å²) in [4.78, 5) is 0. The molecule has 0 spiro atoms. The lowest BCUT2D eigenvalue weighted by Crippen LogP contribution is -2.39. The first-order valence-electron chi connectivity index (χ1n) is 8.03. The van der Waals surface area contributed by atoms with Gasteiger partial charge in [-0.2, -0.15) is 0 Å². The zero-order valence-electron chi connectivity index (χ0n) is 13.6. The topological polar surface area (TPSA) is 58.9 Å². The molecule has 0 aromatic heterocycles. The Morgan fingerprint density at radius 3 is 2.75 bits per heavy atom. The minimum absolute atomic E-state index is 0.137. The van der Waals surface area contributed by atoms with E-state index in [4.69, 9.17) is 9.47 Å². The van der Waals surface area contributed by atoms with Crippen molar-refractivity contribution in [3.05, 3.63) is 71.3 Å². The number of methoxy groups -OCH3 is 1. The van der Waals surface area contributed by atoms with Crippen molar-refractivity contribution >= 4 is 6.08 Å². The molecule has 2 N–H and O–H groups in total. The molecule has 2 aromatic carbocycles. The van der Waals surface area contributed by atoms with E-state index in [9.17, 15) is 10.2 Å². The standard InChI is InChI=1S/C20H22O4/c1-23-16-8-10-17-15(11-16)13-24-20(19(22)12-21)18(17)9-7-14-5-3-2-4-6-14/h2-11,18-22H,12-13H2,1H3. The third-order valence-corrected chi connectivity index (χ3v) is 4.36. The maximum absolute atomic E-state index is 10.1. The van der Waals surface area contributed by atoms with Crippen LogP contribution < -0.4 is 4.74 Å². The average molecular weight is 326 g/mol. The van der Waals surface area contributed by atoms with Crippen molar-refractivity contribution in [1.82, 2.24) is 0 Å². The molecule has 0 radical (unpaired) electrons. The number of hydrogen-bond donors (Lipinski definition) is 2. The molecule has 1 aliphatic rings. The average Bonchev–Trinajstić information content (AvgIpc) is 2.65. The first-order valence-corrected chi connectivity index (χ1v) is 8.03. The van der Waals surface area contributed by atoms with Crippen LogP contribution >= 0.6 is 0 Å². The van der Waals surface area contributed by atoms with Gasteiger partial charge in [0.2, 0.25) is 0 Å². The summed E-state index contributed by atoms with van der Waals surface area (Å²) < 4.78 is 11.1. The fraction of sp³-hybridized carbons (Fsp3) is 0.300. The van der Waals surface area contributed by atoms with Crippen LogP contribution in [0.25, 0.3) is 6.08 Å². The first-order chi connectivity index (χ1) is 11.7. The van der Waals surface area contributed by atoms with E-state index in [-0.39, 0.29) is 12.5 Å². The zero-order chi connectivity index (χ0) is 16.9. The zero-order valence-corrected chi connectivity index (χ0v) is 13.6. The van der Waals surface area contributed by atoms with E-state index in [0.717, 1.165) is 22.4 Å². The minimum Gasteiger partial charge on any atom is -0.497 e. The number of aliphatic hydroxyl groups is 2. The largest absolute Gasteiger partial charge is 0.497 e. The van der Waals surface area contributed by atoms with E-state index in [1.807, 2.05) is 60.7 Å². The minimum atomic E-state index is -0.925. The second-order valence-corrected chi connectivity index (χ2v) is 5.89. The molecule has 0 bridgehead atoms. The molecule has 0 saturated heterocycles. The summed E-state index contributed by atoms with van der Waals surface area (Å²) in [5, 5.41) is 19.5. The predicted octanol–water partition coefficient (Wildman–Crippen LogP) is 2.74. The van der Waals surface area contributed by atoms with E-state index in [2.05, 4.69) is 0 Å². The Labute approximate surface area is 142 Å². The summed E-state index contributed by atoms with van der Waals surface area (Å²) >= 11 is 0. The van der Waals surface area contributed by atoms with Crippen LogP contribution in [-0.4, -0.2) is 36.1 Å². The van der Waals surface area contributed by atoms with Gasteiger partial charge in [0.25, 0.3) is 0 Å². The summed E-state index contributed by atoms with van der Waals surface area (Å²) in [6.07, 6.45) is 2.65. The van der Waals surface area contributed by atoms with Crippen molar-refractivity contribution in [3.8, 4) is 5.75 Å². The van der Waals surface area contributed by atoms with Gasteiger partial charge in [-0.15, -0.1) is 0 Å². The Bertz CT molecular complexity index is 696. The van der Waals surface area contributed by atoms with Gasteiger partial charge in [0.15, 0.2) is 0 Å². The number of hydrogen-bond acceptors (Lipinski definition) is 4. The molecule has 3 unspecified atom stereocenters. The van der Waals surface area contributed by atoms with Crippen LogP contribution in [0.2, 0.25) is 0 Å². The van der Waals surface area contributed by atoms with Gasteiger partial charge in [-0.05, 0) is 28.8 Å². The molecule has 0 amide bonds. The highest BCUT2D eigenvalue weighted by Gasteiger charge is 2.33. The second-order valence-electron chi connectivity index (χ2n) is 5.89. The quantitative estimate of drug-likeness (QED) is 0.887. The van der Waals surface area contributed by atoms with Gasteiger partial charge in [0.05, 0.1) is 26.4 Å². The van der Waals surface area contributed by atoms with Crippen molar-refractivity contribution in [2.75, 3.05) is 13.7 Å². The van der Waals surface area contributed by atoms with Crippen LogP contribution in [-0.2, 0) is 11.3 Å². The maximum Gasteiger partial charge on any atom is 0.119 e. The number of ether oxygens (including phenoxy) is 2. The van der Waals surface area contributed by atoms with Crippen molar-refractivity contribution in [2.24, 2.45) is 0 Å². The first kappa shape index (κ1) is 16.7. The predicted molar refractivity (Wildman–Crippen MR) is 92.9 cm³/mol. The van der Waals surface area contributed by atoms with Gasteiger partial charge in [0, 0.05) is 5.92 Å². The Balaban J connectivity index is 1.95. The third-order valence-electron chi connectivity index (χ3n) is 4.36. The molecule has 3 rings (SSSR count). The normalized spacial score (nSPS) is 21.5. The molecular formula is C20H22O4. The van der Waals surface area contributed by atoms with E-state index in [1.165, 1.54) is 0 Å². The molecular weight excluding hydrogens is 304 g/mol. The molecule has 24 heavy (non-hydrogen) atoms. The third kappa shape index (κ3) is 3.51. The number of fused-ring (bicyclic) bond motifs is 1. The van der Waals surface area contributed by atoms with Crippen LogP contribution in [0.4, 0.5) is 0 Å². The molecule has 2 aromatic rings. The summed E-state index contributed by atoms with van der Waals surface area (Å²) in [6.45, 7) is 0.0652. The molecule has 3 atom stereocenters. The second kappa shape index (κ2) is 7.62. The number of benzene rings is 2. The Morgan fingerprint density at radius 1 is 1.25 bits per heavy atom. The Morgan fingerprint density at radius 2 is 2.04 bits per heavy atom. The lowest BCUT2D eigenvalue weighted by atomic mass is 9.84. The van der Waals surface area contributed by atoms with Crippen molar-refractivity contribution in [2.45, 2.75) is 24.7 Å². The van der Waals surface area contributed by atoms with E-state index in [0.29, 0.717) is 6.61 Å². The smallest absolute Gasteiger partial charge is 0.119 e. The highest BCUT2D eigenvalue weighted by molar-refractivity contribution is 5.52. The summed E-state index contributed by atoms with van der Waals surface area (Å²) in [6, 6.07) is 15.9. The molecule has 1 heterocycles. The highest BCUT2D eigenvalue weighted by Crippen LogP contribution is 2.36. The van der Waals surface area contributed by atoms with Crippen LogP contribution in [0, 0.1) is 0 Å². The molecule has 1 aliphatic heterocycles. The van der Waals surface area contributed by atoms with Crippen molar-refractivity contribution in [3.63, 3.8) is 0 Å². The Kier molecular flexibility index (Phi) is 5.30. The fourth-order valence-corrected chi connectivity index (χ4v) is 3.07. The maximum atomic E-state index is 10.1. The van der Waals surface area contributed by atoms with E-state index < -0.39 is 12.2 Å². The fourth-order valence-electron chi connectivity index (χ4n) is 3.07. The van der Waals surface area contributed by atoms with Gasteiger partial charge >= 0.3 is 0 Å². The highest BCUT2D eigenvalue weighted by atomic mass is 16.5. The van der Waals surface area contributed by atoms with E-state index in [1.54, 1.807) is 7.11 Å².